The number of hydrogen-bond acceptors (Lipinski definition) is 5. The number of hydrogen-bond donors (Lipinski definition) is 2. The van der Waals surface area contributed by atoms with Crippen LogP contribution in [0.25, 0.3) is 5.65 Å². The molecule has 0 radical (unpaired) electrons. The molecule has 0 aliphatic heterocycles. The first-order chi connectivity index (χ1) is 9.15. The molecule has 0 fully saturated rings. The monoisotopic (exact) mass is 264 g/mol. The Hall–Kier alpha value is -1.89. The van der Waals surface area contributed by atoms with Gasteiger partial charge in [0.05, 0.1) is 0 Å². The van der Waals surface area contributed by atoms with Crippen LogP contribution in [-0.2, 0) is 0 Å². The maximum atomic E-state index is 11.5. The first-order valence-corrected chi connectivity index (χ1v) is 6.56. The van der Waals surface area contributed by atoms with Crippen LogP contribution < -0.4 is 11.0 Å². The molecule has 2 N–H and O–H groups in total. The van der Waals surface area contributed by atoms with E-state index >= 15 is 0 Å². The third-order valence-electron chi connectivity index (χ3n) is 3.20. The molecule has 2 rings (SSSR count). The molecule has 0 aliphatic carbocycles. The second kappa shape index (κ2) is 5.83. The fourth-order valence-electron chi connectivity index (χ4n) is 2.07. The second-order valence-electron chi connectivity index (χ2n) is 4.36. The third-order valence-corrected chi connectivity index (χ3v) is 3.20. The van der Waals surface area contributed by atoms with E-state index in [0.717, 1.165) is 32.0 Å². The van der Waals surface area contributed by atoms with Crippen LogP contribution in [0.15, 0.2) is 10.9 Å². The van der Waals surface area contributed by atoms with Crippen molar-refractivity contribution in [1.82, 2.24) is 24.5 Å². The predicted octanol–water partition coefficient (Wildman–Crippen LogP) is 0.480. The molecular formula is C12H20N6O. The zero-order valence-electron chi connectivity index (χ0n) is 11.6. The van der Waals surface area contributed by atoms with Crippen molar-refractivity contribution < 1.29 is 0 Å². The number of aryl methyl sites for hydroxylation is 1. The van der Waals surface area contributed by atoms with Gasteiger partial charge in [0, 0.05) is 19.2 Å². The average Bonchev–Trinajstić information content (AvgIpc) is 2.77. The summed E-state index contributed by atoms with van der Waals surface area (Å²) in [6, 6.07) is 1.77. The molecule has 104 valence electrons. The SMILES string of the molecule is CCN(CC)CCNc1cc2n[nH]c(=O)n2c(C)n1. The Morgan fingerprint density at radius 2 is 2.16 bits per heavy atom. The molecule has 19 heavy (non-hydrogen) atoms. The molecule has 7 nitrogen and oxygen atoms in total. The molecule has 0 aliphatic rings. The van der Waals surface area contributed by atoms with Gasteiger partial charge in [-0.15, -0.1) is 0 Å². The third kappa shape index (κ3) is 2.93. The van der Waals surface area contributed by atoms with Crippen LogP contribution in [-0.4, -0.2) is 50.7 Å². The van der Waals surface area contributed by atoms with Crippen LogP contribution in [0.2, 0.25) is 0 Å². The summed E-state index contributed by atoms with van der Waals surface area (Å²) in [5.74, 6) is 1.37. The highest BCUT2D eigenvalue weighted by Gasteiger charge is 2.06. The Morgan fingerprint density at radius 1 is 1.42 bits per heavy atom. The number of rotatable bonds is 6. The molecule has 0 aromatic carbocycles. The Morgan fingerprint density at radius 3 is 2.84 bits per heavy atom. The summed E-state index contributed by atoms with van der Waals surface area (Å²) in [5.41, 5.74) is 0.331. The number of likely N-dealkylation sites (N-methyl/N-ethyl adjacent to an activating group) is 1. The van der Waals surface area contributed by atoms with E-state index in [-0.39, 0.29) is 5.69 Å². The van der Waals surface area contributed by atoms with Crippen LogP contribution in [0.5, 0.6) is 0 Å². The molecule has 2 aromatic rings. The van der Waals surface area contributed by atoms with Gasteiger partial charge in [-0.25, -0.2) is 19.3 Å². The number of H-pyrrole nitrogens is 1. The zero-order chi connectivity index (χ0) is 13.8. The van der Waals surface area contributed by atoms with Crippen molar-refractivity contribution in [3.63, 3.8) is 0 Å². The predicted molar refractivity (Wildman–Crippen MR) is 74.6 cm³/mol. The number of anilines is 1. The van der Waals surface area contributed by atoms with Crippen molar-refractivity contribution in [2.24, 2.45) is 0 Å². The molecule has 0 amide bonds. The largest absolute Gasteiger partial charge is 0.369 e. The van der Waals surface area contributed by atoms with E-state index in [9.17, 15) is 4.79 Å². The van der Waals surface area contributed by atoms with Crippen molar-refractivity contribution in [2.75, 3.05) is 31.5 Å². The minimum Gasteiger partial charge on any atom is -0.369 e. The average molecular weight is 264 g/mol. The molecule has 2 aromatic heterocycles. The highest BCUT2D eigenvalue weighted by molar-refractivity contribution is 5.49. The zero-order valence-corrected chi connectivity index (χ0v) is 11.6. The maximum absolute atomic E-state index is 11.5. The van der Waals surface area contributed by atoms with Crippen LogP contribution in [0.3, 0.4) is 0 Å². The Bertz CT molecular complexity index is 598. The minimum absolute atomic E-state index is 0.255. The lowest BCUT2D eigenvalue weighted by Crippen LogP contribution is -2.28. The molecule has 2 heterocycles. The van der Waals surface area contributed by atoms with Gasteiger partial charge in [-0.05, 0) is 20.0 Å². The lowest BCUT2D eigenvalue weighted by Gasteiger charge is -2.18. The van der Waals surface area contributed by atoms with Crippen LogP contribution in [0, 0.1) is 6.92 Å². The van der Waals surface area contributed by atoms with Gasteiger partial charge in [0.1, 0.15) is 11.6 Å². The standard InChI is InChI=1S/C12H20N6O/c1-4-17(5-2)7-6-13-10-8-11-15-16-12(19)18(11)9(3)14-10/h8,13H,4-7H2,1-3H3,(H,16,19). The van der Waals surface area contributed by atoms with E-state index in [4.69, 9.17) is 0 Å². The summed E-state index contributed by atoms with van der Waals surface area (Å²) in [5, 5.41) is 9.63. The second-order valence-corrected chi connectivity index (χ2v) is 4.36. The molecule has 0 atom stereocenters. The maximum Gasteiger partial charge on any atom is 0.349 e. The summed E-state index contributed by atoms with van der Waals surface area (Å²) in [4.78, 5) is 18.2. The fourth-order valence-corrected chi connectivity index (χ4v) is 2.07. The fraction of sp³-hybridized carbons (Fsp3) is 0.583. The smallest absolute Gasteiger partial charge is 0.349 e. The lowest BCUT2D eigenvalue weighted by atomic mass is 10.4. The molecule has 0 saturated carbocycles. The van der Waals surface area contributed by atoms with E-state index < -0.39 is 0 Å². The van der Waals surface area contributed by atoms with Gasteiger partial charge in [-0.1, -0.05) is 13.8 Å². The van der Waals surface area contributed by atoms with Gasteiger partial charge in [0.2, 0.25) is 0 Å². The van der Waals surface area contributed by atoms with Crippen molar-refractivity contribution in [1.29, 1.82) is 0 Å². The highest BCUT2D eigenvalue weighted by atomic mass is 16.1. The summed E-state index contributed by atoms with van der Waals surface area (Å²) < 4.78 is 1.45. The number of nitrogens with one attached hydrogen (secondary N) is 2. The summed E-state index contributed by atoms with van der Waals surface area (Å²) >= 11 is 0. The summed E-state index contributed by atoms with van der Waals surface area (Å²) in [6.45, 7) is 9.95. The van der Waals surface area contributed by atoms with Crippen molar-refractivity contribution in [3.8, 4) is 0 Å². The van der Waals surface area contributed by atoms with Gasteiger partial charge >= 0.3 is 5.69 Å². The number of nitrogens with zero attached hydrogens (tertiary/aromatic N) is 4. The van der Waals surface area contributed by atoms with Gasteiger partial charge in [0.15, 0.2) is 5.65 Å². The normalized spacial score (nSPS) is 11.4. The van der Waals surface area contributed by atoms with E-state index in [1.165, 1.54) is 4.40 Å². The Labute approximate surface area is 111 Å². The molecule has 7 heteroatoms. The minimum atomic E-state index is -0.255. The quantitative estimate of drug-likeness (QED) is 0.793. The topological polar surface area (TPSA) is 78.3 Å². The molecule has 0 unspecified atom stereocenters. The van der Waals surface area contributed by atoms with Gasteiger partial charge in [-0.2, -0.15) is 5.10 Å². The summed E-state index contributed by atoms with van der Waals surface area (Å²) in [7, 11) is 0. The van der Waals surface area contributed by atoms with E-state index in [2.05, 4.69) is 39.2 Å². The molecular weight excluding hydrogens is 244 g/mol. The molecule has 0 spiro atoms. The molecule has 0 saturated heterocycles. The van der Waals surface area contributed by atoms with Gasteiger partial charge in [-0.3, -0.25) is 0 Å². The van der Waals surface area contributed by atoms with Crippen molar-refractivity contribution in [3.05, 3.63) is 22.4 Å². The molecule has 0 bridgehead atoms. The van der Waals surface area contributed by atoms with E-state index in [1.54, 1.807) is 13.0 Å². The van der Waals surface area contributed by atoms with Crippen molar-refractivity contribution in [2.45, 2.75) is 20.8 Å². The Balaban J connectivity index is 2.07. The number of aromatic nitrogens is 4. The van der Waals surface area contributed by atoms with E-state index in [0.29, 0.717) is 11.5 Å². The summed E-state index contributed by atoms with van der Waals surface area (Å²) in [6.07, 6.45) is 0. The first-order valence-electron chi connectivity index (χ1n) is 6.56. The number of aromatic amines is 1. The first kappa shape index (κ1) is 13.5. The van der Waals surface area contributed by atoms with Crippen LogP contribution in [0.4, 0.5) is 5.82 Å². The van der Waals surface area contributed by atoms with Gasteiger partial charge in [0.25, 0.3) is 0 Å². The number of fused-ring (bicyclic) bond motifs is 1. The van der Waals surface area contributed by atoms with Gasteiger partial charge < -0.3 is 10.2 Å². The lowest BCUT2D eigenvalue weighted by molar-refractivity contribution is 0.316. The van der Waals surface area contributed by atoms with Crippen molar-refractivity contribution >= 4 is 11.5 Å². The Kier molecular flexibility index (Phi) is 4.16. The van der Waals surface area contributed by atoms with Crippen LogP contribution >= 0.6 is 0 Å². The van der Waals surface area contributed by atoms with E-state index in [1.807, 2.05) is 0 Å². The highest BCUT2D eigenvalue weighted by Crippen LogP contribution is 2.07. The van der Waals surface area contributed by atoms with Crippen LogP contribution in [0.1, 0.15) is 19.7 Å².